The summed E-state index contributed by atoms with van der Waals surface area (Å²) in [4.78, 5) is 17.3. The predicted octanol–water partition coefficient (Wildman–Crippen LogP) is 1.80. The van der Waals surface area contributed by atoms with E-state index >= 15 is 0 Å². The van der Waals surface area contributed by atoms with Crippen molar-refractivity contribution in [3.8, 4) is 0 Å². The van der Waals surface area contributed by atoms with Gasteiger partial charge in [0, 0.05) is 65.3 Å². The largest absolute Gasteiger partial charge is 0.336 e. The van der Waals surface area contributed by atoms with Gasteiger partial charge in [-0.15, -0.1) is 0 Å². The van der Waals surface area contributed by atoms with Crippen molar-refractivity contribution in [2.45, 2.75) is 64.7 Å². The van der Waals surface area contributed by atoms with Gasteiger partial charge in [-0.2, -0.15) is 5.10 Å². The third kappa shape index (κ3) is 4.14. The van der Waals surface area contributed by atoms with Crippen molar-refractivity contribution in [1.29, 1.82) is 0 Å². The van der Waals surface area contributed by atoms with Gasteiger partial charge in [-0.3, -0.25) is 18.6 Å². The average Bonchev–Trinajstić information content (AvgIpc) is 3.05. The molecule has 6 nitrogen and oxygen atoms in total. The van der Waals surface area contributed by atoms with Crippen LogP contribution < -0.4 is 0 Å². The van der Waals surface area contributed by atoms with E-state index in [0.717, 1.165) is 24.9 Å². The molecule has 0 N–H and O–H groups in total. The maximum atomic E-state index is 13.0. The summed E-state index contributed by atoms with van der Waals surface area (Å²) in [5.74, 6) is 1.45. The molecule has 2 aliphatic rings. The first-order valence-corrected chi connectivity index (χ1v) is 10.9. The zero-order valence-corrected chi connectivity index (χ0v) is 16.4. The van der Waals surface area contributed by atoms with Gasteiger partial charge in [-0.05, 0) is 40.0 Å². The number of aryl methyl sites for hydroxylation is 1. The van der Waals surface area contributed by atoms with Gasteiger partial charge in [0.2, 0.25) is 5.91 Å². The second-order valence-electron chi connectivity index (χ2n) is 7.36. The number of piperidine rings is 1. The highest BCUT2D eigenvalue weighted by molar-refractivity contribution is 7.85. The molecule has 25 heavy (non-hydrogen) atoms. The standard InChI is InChI=1S/C18H30N4O2S/c1-4-21-11-16(10-19-21)17-13-25(24)9-8-20(17)12-18(23)22-14(2)6-5-7-15(22)3/h10-11,14-15,17H,4-9,12-13H2,1-3H3/t14-,15+,17-,25+/m0/s1. The third-order valence-electron chi connectivity index (χ3n) is 5.57. The molecule has 7 heteroatoms. The zero-order chi connectivity index (χ0) is 18.0. The number of nitrogens with zero attached hydrogens (tertiary/aromatic N) is 4. The Morgan fingerprint density at radius 3 is 2.68 bits per heavy atom. The van der Waals surface area contributed by atoms with E-state index in [-0.39, 0.29) is 11.9 Å². The monoisotopic (exact) mass is 366 g/mol. The molecule has 0 spiro atoms. The first-order valence-electron chi connectivity index (χ1n) is 9.42. The Hall–Kier alpha value is -1.21. The van der Waals surface area contributed by atoms with E-state index in [2.05, 4.69) is 35.7 Å². The SMILES string of the molecule is CCn1cc([C@@H]2C[S@](=O)CCN2CC(=O)N2[C@H](C)CCC[C@@H]2C)cn1. The molecular formula is C18H30N4O2S. The van der Waals surface area contributed by atoms with E-state index < -0.39 is 10.8 Å². The van der Waals surface area contributed by atoms with Crippen molar-refractivity contribution in [2.75, 3.05) is 24.6 Å². The highest BCUT2D eigenvalue weighted by Crippen LogP contribution is 2.27. The Bertz CT molecular complexity index is 622. The molecule has 2 fully saturated rings. The predicted molar refractivity (Wildman–Crippen MR) is 99.7 cm³/mol. The normalized spacial score (nSPS) is 31.2. The Morgan fingerprint density at radius 2 is 2.04 bits per heavy atom. The van der Waals surface area contributed by atoms with Gasteiger partial charge >= 0.3 is 0 Å². The Balaban J connectivity index is 1.74. The zero-order valence-electron chi connectivity index (χ0n) is 15.6. The lowest BCUT2D eigenvalue weighted by atomic mass is 9.97. The van der Waals surface area contributed by atoms with Gasteiger partial charge in [0.15, 0.2) is 0 Å². The van der Waals surface area contributed by atoms with E-state index in [9.17, 15) is 9.00 Å². The van der Waals surface area contributed by atoms with Crippen molar-refractivity contribution in [3.05, 3.63) is 18.0 Å². The van der Waals surface area contributed by atoms with E-state index in [4.69, 9.17) is 0 Å². The molecule has 0 radical (unpaired) electrons. The number of carbonyl (C=O) groups is 1. The van der Waals surface area contributed by atoms with Gasteiger partial charge in [0.05, 0.1) is 12.7 Å². The second-order valence-corrected chi connectivity index (χ2v) is 8.98. The second kappa shape index (κ2) is 7.99. The summed E-state index contributed by atoms with van der Waals surface area (Å²) in [6, 6.07) is 0.655. The quantitative estimate of drug-likeness (QED) is 0.815. The molecule has 1 aromatic heterocycles. The van der Waals surface area contributed by atoms with Crippen LogP contribution in [-0.4, -0.2) is 66.4 Å². The first-order chi connectivity index (χ1) is 12.0. The molecule has 1 aromatic rings. The van der Waals surface area contributed by atoms with Gasteiger partial charge in [0.1, 0.15) is 0 Å². The lowest BCUT2D eigenvalue weighted by Gasteiger charge is -2.41. The summed E-state index contributed by atoms with van der Waals surface area (Å²) < 4.78 is 14.0. The van der Waals surface area contributed by atoms with Crippen LogP contribution in [0.25, 0.3) is 0 Å². The van der Waals surface area contributed by atoms with E-state index in [1.54, 1.807) is 0 Å². The van der Waals surface area contributed by atoms with Crippen LogP contribution >= 0.6 is 0 Å². The highest BCUT2D eigenvalue weighted by atomic mass is 32.2. The van der Waals surface area contributed by atoms with Crippen molar-refractivity contribution in [1.82, 2.24) is 19.6 Å². The lowest BCUT2D eigenvalue weighted by molar-refractivity contribution is -0.139. The summed E-state index contributed by atoms with van der Waals surface area (Å²) in [5, 5.41) is 4.36. The fourth-order valence-electron chi connectivity index (χ4n) is 4.13. The fraction of sp³-hybridized carbons (Fsp3) is 0.778. The maximum absolute atomic E-state index is 13.0. The molecule has 0 unspecified atom stereocenters. The number of carbonyl (C=O) groups excluding carboxylic acids is 1. The third-order valence-corrected chi connectivity index (χ3v) is 6.90. The number of amides is 1. The van der Waals surface area contributed by atoms with Crippen LogP contribution in [0.4, 0.5) is 0 Å². The molecule has 3 rings (SSSR count). The topological polar surface area (TPSA) is 58.4 Å². The van der Waals surface area contributed by atoms with Crippen LogP contribution in [0.3, 0.4) is 0 Å². The van der Waals surface area contributed by atoms with Crippen LogP contribution in [0.1, 0.15) is 51.6 Å². The maximum Gasteiger partial charge on any atom is 0.237 e. The van der Waals surface area contributed by atoms with E-state index in [1.807, 2.05) is 17.1 Å². The van der Waals surface area contributed by atoms with E-state index in [1.165, 1.54) is 6.42 Å². The number of hydrogen-bond donors (Lipinski definition) is 0. The Labute approximate surface area is 153 Å². The average molecular weight is 367 g/mol. The van der Waals surface area contributed by atoms with Crippen molar-refractivity contribution in [3.63, 3.8) is 0 Å². The molecule has 0 saturated carbocycles. The van der Waals surface area contributed by atoms with Crippen LogP contribution in [0.2, 0.25) is 0 Å². The molecule has 140 valence electrons. The molecule has 0 bridgehead atoms. The van der Waals surface area contributed by atoms with Crippen molar-refractivity contribution in [2.24, 2.45) is 0 Å². The van der Waals surface area contributed by atoms with Crippen molar-refractivity contribution < 1.29 is 9.00 Å². The number of likely N-dealkylation sites (tertiary alicyclic amines) is 1. The van der Waals surface area contributed by atoms with Crippen LogP contribution in [0, 0.1) is 0 Å². The molecule has 1 amide bonds. The van der Waals surface area contributed by atoms with Crippen LogP contribution in [0.5, 0.6) is 0 Å². The van der Waals surface area contributed by atoms with Crippen LogP contribution in [-0.2, 0) is 22.1 Å². The Morgan fingerprint density at radius 1 is 1.32 bits per heavy atom. The minimum absolute atomic E-state index is 0.0224. The summed E-state index contributed by atoms with van der Waals surface area (Å²) in [5.41, 5.74) is 1.07. The highest BCUT2D eigenvalue weighted by Gasteiger charge is 2.34. The summed E-state index contributed by atoms with van der Waals surface area (Å²) in [6.45, 7) is 8.29. The van der Waals surface area contributed by atoms with Gasteiger partial charge in [-0.1, -0.05) is 0 Å². The number of rotatable bonds is 4. The van der Waals surface area contributed by atoms with Gasteiger partial charge in [0.25, 0.3) is 0 Å². The number of aromatic nitrogens is 2. The Kier molecular flexibility index (Phi) is 5.94. The molecule has 2 saturated heterocycles. The van der Waals surface area contributed by atoms with Gasteiger partial charge < -0.3 is 4.90 Å². The van der Waals surface area contributed by atoms with Crippen molar-refractivity contribution >= 4 is 16.7 Å². The minimum atomic E-state index is -0.821. The molecule has 4 atom stereocenters. The fourth-order valence-corrected chi connectivity index (χ4v) is 5.49. The molecule has 3 heterocycles. The summed E-state index contributed by atoms with van der Waals surface area (Å²) in [7, 11) is -0.821. The molecule has 2 aliphatic heterocycles. The number of hydrogen-bond acceptors (Lipinski definition) is 4. The van der Waals surface area contributed by atoms with Crippen LogP contribution in [0.15, 0.2) is 12.4 Å². The van der Waals surface area contributed by atoms with Gasteiger partial charge in [-0.25, -0.2) is 0 Å². The molecule has 0 aromatic carbocycles. The first kappa shape index (κ1) is 18.6. The lowest BCUT2D eigenvalue weighted by Crippen LogP contribution is -2.53. The smallest absolute Gasteiger partial charge is 0.237 e. The summed E-state index contributed by atoms with van der Waals surface area (Å²) >= 11 is 0. The minimum Gasteiger partial charge on any atom is -0.336 e. The molecular weight excluding hydrogens is 336 g/mol. The molecule has 0 aliphatic carbocycles. The van der Waals surface area contributed by atoms with E-state index in [0.29, 0.717) is 36.7 Å². The summed E-state index contributed by atoms with van der Waals surface area (Å²) in [6.07, 6.45) is 7.27.